The van der Waals surface area contributed by atoms with Gasteiger partial charge in [-0.15, -0.1) is 0 Å². The molecule has 0 aromatic carbocycles. The van der Waals surface area contributed by atoms with Gasteiger partial charge in [0, 0.05) is 71.1 Å². The number of nitrogens with two attached hydrogens (primary N) is 1. The van der Waals surface area contributed by atoms with Crippen LogP contribution < -0.4 is 62.4 Å². The van der Waals surface area contributed by atoms with Gasteiger partial charge >= 0.3 is 63.1 Å². The second-order valence-electron chi connectivity index (χ2n) is 6.10. The third-order valence-corrected chi connectivity index (χ3v) is 4.56. The third-order valence-electron chi connectivity index (χ3n) is 4.56. The fraction of sp³-hybridized carbons (Fsp3) is 0.529. The Morgan fingerprint density at radius 3 is 2.36 bits per heavy atom. The molecule has 1 saturated heterocycles. The van der Waals surface area contributed by atoms with Crippen molar-refractivity contribution in [3.05, 3.63) is 42.7 Å². The van der Waals surface area contributed by atoms with E-state index in [0.717, 1.165) is 25.7 Å². The zero-order valence-corrected chi connectivity index (χ0v) is 22.6. The second-order valence-corrected chi connectivity index (χ2v) is 6.10. The summed E-state index contributed by atoms with van der Waals surface area (Å²) in [7, 11) is 0. The predicted molar refractivity (Wildman–Crippen MR) is 99.9 cm³/mol. The van der Waals surface area contributed by atoms with Crippen molar-refractivity contribution >= 4 is 18.3 Å². The number of rotatable bonds is 3. The van der Waals surface area contributed by atoms with Crippen LogP contribution in [0.25, 0.3) is 6.15 Å². The number of nitrogens with one attached hydrogen (secondary N) is 1. The molecule has 2 heterocycles. The van der Waals surface area contributed by atoms with Crippen LogP contribution in [0.4, 0.5) is 10.6 Å². The molecule has 11 heteroatoms. The van der Waals surface area contributed by atoms with Crippen molar-refractivity contribution in [2.45, 2.75) is 31.7 Å². The second kappa shape index (κ2) is 15.2. The van der Waals surface area contributed by atoms with E-state index in [-0.39, 0.29) is 121 Å². The molecular weight excluding hydrogens is 464 g/mol. The molecule has 3 N–H and O–H groups in total. The monoisotopic (exact) mass is 490 g/mol. The minimum absolute atomic E-state index is 0. The topological polar surface area (TPSA) is 121 Å². The van der Waals surface area contributed by atoms with Crippen LogP contribution in [-0.4, -0.2) is 58.0 Å². The quantitative estimate of drug-likeness (QED) is 0.429. The van der Waals surface area contributed by atoms with Crippen LogP contribution >= 0.6 is 0 Å². The van der Waals surface area contributed by atoms with E-state index in [0.29, 0.717) is 26.2 Å². The van der Waals surface area contributed by atoms with Gasteiger partial charge < -0.3 is 34.6 Å². The van der Waals surface area contributed by atoms with Crippen LogP contribution in [0.5, 0.6) is 0 Å². The molecule has 149 valence electrons. The van der Waals surface area contributed by atoms with Gasteiger partial charge in [0.15, 0.2) is 0 Å². The molecular formula is C17H26KN6O3Y-3. The number of aromatic nitrogens is 2. The van der Waals surface area contributed by atoms with Gasteiger partial charge in [-0.2, -0.15) is 24.2 Å². The molecule has 9 nitrogen and oxygen atoms in total. The van der Waals surface area contributed by atoms with E-state index in [2.05, 4.69) is 16.7 Å². The number of carbonyl (C=O) groups excluding carboxylic acids is 2. The molecule has 1 aromatic heterocycles. The molecule has 1 aliphatic heterocycles. The number of nitrogens with zero attached hydrogens (tertiary/aromatic N) is 4. The van der Waals surface area contributed by atoms with Gasteiger partial charge in [-0.3, -0.25) is 9.88 Å². The Bertz CT molecular complexity index is 661. The van der Waals surface area contributed by atoms with Gasteiger partial charge in [-0.05, 0) is 6.07 Å². The number of hydrogen-bond acceptors (Lipinski definition) is 4. The van der Waals surface area contributed by atoms with E-state index in [4.69, 9.17) is 0 Å². The normalized spacial score (nSPS) is 16.4. The number of hydrogen-bond donors (Lipinski definition) is 1. The predicted octanol–water partition coefficient (Wildman–Crippen LogP) is -1.05. The van der Waals surface area contributed by atoms with Crippen LogP contribution in [-0.2, 0) is 37.5 Å². The molecule has 1 radical (unpaired) electrons. The first-order chi connectivity index (χ1) is 11.7. The summed E-state index contributed by atoms with van der Waals surface area (Å²) >= 11 is 0. The standard InChI is InChI=1S/C16H21N5O3.CH3.K.H2N.Y/c22-12-19-8-10-20(11-9-19)15(23)17-14-6-7-21(16(24)18-14)13-4-2-1-3-5-13;;;;/h1,6-7,13H,2-5,8-11H2,(H,17,18,23,24);1H3;;1H2;/q-2;-1;+1;-1;. The van der Waals surface area contributed by atoms with Crippen molar-refractivity contribution in [1.82, 2.24) is 19.4 Å². The molecule has 0 unspecified atom stereocenters. The van der Waals surface area contributed by atoms with Gasteiger partial charge in [-0.25, -0.2) is 9.59 Å². The zero-order valence-electron chi connectivity index (χ0n) is 16.6. The van der Waals surface area contributed by atoms with Gasteiger partial charge in [0.2, 0.25) is 0 Å². The maximum atomic E-state index is 12.2. The zero-order chi connectivity index (χ0) is 16.9. The third kappa shape index (κ3) is 8.22. The first-order valence-electron chi connectivity index (χ1n) is 8.27. The largest absolute Gasteiger partial charge is 1.00 e. The van der Waals surface area contributed by atoms with E-state index in [1.165, 1.54) is 4.90 Å². The SMILES string of the molecule is O=[C-]N1CCN(C(=O)Nc2ccn(C3CC[CH-]CC3)c(=O)n2)CC1.[CH3-].[K+].[NH2-].[Y]. The van der Waals surface area contributed by atoms with Crippen LogP contribution in [0.1, 0.15) is 31.7 Å². The van der Waals surface area contributed by atoms with Crippen molar-refractivity contribution < 1.29 is 93.7 Å². The average molecular weight is 490 g/mol. The minimum Gasteiger partial charge on any atom is -0.693 e. The Kier molecular flexibility index (Phi) is 16.5. The summed E-state index contributed by atoms with van der Waals surface area (Å²) < 4.78 is 1.65. The average Bonchev–Trinajstić information content (AvgIpc) is 2.62. The Morgan fingerprint density at radius 1 is 1.21 bits per heavy atom. The van der Waals surface area contributed by atoms with E-state index in [9.17, 15) is 14.4 Å². The first-order valence-corrected chi connectivity index (χ1v) is 8.27. The van der Waals surface area contributed by atoms with Crippen molar-refractivity contribution in [3.63, 3.8) is 0 Å². The number of urea groups is 1. The fourth-order valence-electron chi connectivity index (χ4n) is 3.14. The van der Waals surface area contributed by atoms with Crippen LogP contribution in [0.15, 0.2) is 17.1 Å². The molecule has 1 aliphatic carbocycles. The van der Waals surface area contributed by atoms with Gasteiger partial charge in [0.1, 0.15) is 5.82 Å². The van der Waals surface area contributed by atoms with E-state index < -0.39 is 0 Å². The Labute approximate surface area is 234 Å². The molecule has 1 saturated carbocycles. The van der Waals surface area contributed by atoms with E-state index in [1.54, 1.807) is 21.7 Å². The first kappa shape index (κ1) is 30.5. The Hall–Kier alpha value is 0.320. The Balaban J connectivity index is 0. The summed E-state index contributed by atoms with van der Waals surface area (Å²) in [6, 6.07) is 1.54. The van der Waals surface area contributed by atoms with E-state index >= 15 is 0 Å². The fourth-order valence-corrected chi connectivity index (χ4v) is 3.14. The van der Waals surface area contributed by atoms with Crippen molar-refractivity contribution in [2.75, 3.05) is 31.5 Å². The maximum absolute atomic E-state index is 12.2. The molecule has 1 aromatic rings. The molecule has 0 bridgehead atoms. The number of anilines is 1. The molecule has 0 spiro atoms. The van der Waals surface area contributed by atoms with Gasteiger partial charge in [0.25, 0.3) is 0 Å². The molecule has 3 amide bonds. The molecule has 0 atom stereocenters. The van der Waals surface area contributed by atoms with Crippen molar-refractivity contribution in [3.8, 4) is 0 Å². The molecule has 28 heavy (non-hydrogen) atoms. The Morgan fingerprint density at radius 2 is 1.82 bits per heavy atom. The van der Waals surface area contributed by atoms with Gasteiger partial charge in [-0.1, -0.05) is 12.8 Å². The number of carbonyl (C=O) groups is 1. The molecule has 3 rings (SSSR count). The summed E-state index contributed by atoms with van der Waals surface area (Å²) in [5.74, 6) is 0.257. The van der Waals surface area contributed by atoms with Crippen LogP contribution in [0, 0.1) is 13.8 Å². The van der Waals surface area contributed by atoms with Crippen molar-refractivity contribution in [1.29, 1.82) is 0 Å². The summed E-state index contributed by atoms with van der Waals surface area (Å²) in [4.78, 5) is 42.1. The summed E-state index contributed by atoms with van der Waals surface area (Å²) in [6.07, 6.45) is 9.70. The molecule has 2 aliphatic rings. The summed E-state index contributed by atoms with van der Waals surface area (Å²) in [5, 5.41) is 2.65. The van der Waals surface area contributed by atoms with Gasteiger partial charge in [0.05, 0.1) is 0 Å². The number of piperazine rings is 1. The summed E-state index contributed by atoms with van der Waals surface area (Å²) in [5.41, 5.74) is -0.333. The van der Waals surface area contributed by atoms with E-state index in [1.807, 2.05) is 6.41 Å². The molecule has 2 fully saturated rings. The van der Waals surface area contributed by atoms with Crippen LogP contribution in [0.2, 0.25) is 0 Å². The number of amides is 3. The minimum atomic E-state index is -0.333. The van der Waals surface area contributed by atoms with Crippen LogP contribution in [0.3, 0.4) is 0 Å². The maximum Gasteiger partial charge on any atom is 1.00 e. The summed E-state index contributed by atoms with van der Waals surface area (Å²) in [6.45, 7) is 1.81. The smallest absolute Gasteiger partial charge is 0.693 e. The van der Waals surface area contributed by atoms with Crippen molar-refractivity contribution in [2.24, 2.45) is 0 Å².